The summed E-state index contributed by atoms with van der Waals surface area (Å²) in [6.45, 7) is 9.91. The van der Waals surface area contributed by atoms with Crippen LogP contribution in [-0.4, -0.2) is 37.8 Å². The highest BCUT2D eigenvalue weighted by Gasteiger charge is 2.28. The molecule has 4 aromatic rings. The van der Waals surface area contributed by atoms with E-state index in [1.165, 1.54) is 4.40 Å². The zero-order valence-corrected chi connectivity index (χ0v) is 20.7. The van der Waals surface area contributed by atoms with E-state index in [2.05, 4.69) is 13.8 Å². The van der Waals surface area contributed by atoms with E-state index in [4.69, 9.17) is 10.4 Å². The summed E-state index contributed by atoms with van der Waals surface area (Å²) in [7, 11) is 0. The highest BCUT2D eigenvalue weighted by atomic mass is 16.2. The summed E-state index contributed by atoms with van der Waals surface area (Å²) in [6, 6.07) is 13.4. The minimum atomic E-state index is -0.235. The summed E-state index contributed by atoms with van der Waals surface area (Å²) in [5, 5.41) is 9.41. The predicted molar refractivity (Wildman–Crippen MR) is 137 cm³/mol. The van der Waals surface area contributed by atoms with Crippen molar-refractivity contribution in [2.75, 3.05) is 13.1 Å². The molecule has 1 saturated heterocycles. The van der Waals surface area contributed by atoms with Gasteiger partial charge in [-0.25, -0.2) is 4.98 Å². The lowest BCUT2D eigenvalue weighted by molar-refractivity contribution is 0.0620. The van der Waals surface area contributed by atoms with Gasteiger partial charge < -0.3 is 9.47 Å². The zero-order valence-electron chi connectivity index (χ0n) is 20.7. The molecule has 7 nitrogen and oxygen atoms in total. The largest absolute Gasteiger partial charge is 0.338 e. The standard InChI is InChI=1S/C28H31N5O2/c1-17-7-9-21(10-8-17)16-33-24(29)22(27(34)31-14-18(2)12-19(3)15-31)13-23-26(33)30-25-20(4)6-5-11-32(25)28(23)35/h5-11,13,18-19,29H,12,14-16H2,1-4H3. The van der Waals surface area contributed by atoms with Gasteiger partial charge in [0, 0.05) is 19.3 Å². The van der Waals surface area contributed by atoms with E-state index in [9.17, 15) is 9.59 Å². The number of carbonyl (C=O) groups excluding carboxylic acids is 1. The van der Waals surface area contributed by atoms with Gasteiger partial charge in [0.1, 0.15) is 16.8 Å². The smallest absolute Gasteiger partial charge is 0.267 e. The molecule has 1 amide bonds. The number of pyridine rings is 2. The Balaban J connectivity index is 1.76. The molecule has 5 rings (SSSR count). The molecular weight excluding hydrogens is 438 g/mol. The first-order valence-corrected chi connectivity index (χ1v) is 12.2. The summed E-state index contributed by atoms with van der Waals surface area (Å²) in [4.78, 5) is 33.9. The van der Waals surface area contributed by atoms with E-state index >= 15 is 0 Å². The second-order valence-electron chi connectivity index (χ2n) is 10.2. The van der Waals surface area contributed by atoms with E-state index < -0.39 is 0 Å². The van der Waals surface area contributed by atoms with Gasteiger partial charge in [-0.2, -0.15) is 0 Å². The Morgan fingerprint density at radius 2 is 1.74 bits per heavy atom. The number of fused-ring (bicyclic) bond motifs is 2. The number of amides is 1. The van der Waals surface area contributed by atoms with Crippen LogP contribution in [0.1, 0.15) is 47.3 Å². The number of rotatable bonds is 3. The van der Waals surface area contributed by atoms with Gasteiger partial charge in [-0.05, 0) is 55.4 Å². The predicted octanol–water partition coefficient (Wildman–Crippen LogP) is 3.91. The fourth-order valence-electron chi connectivity index (χ4n) is 5.29. The average Bonchev–Trinajstić information content (AvgIpc) is 2.82. The molecule has 2 unspecified atom stereocenters. The zero-order chi connectivity index (χ0) is 24.9. The second-order valence-corrected chi connectivity index (χ2v) is 10.2. The van der Waals surface area contributed by atoms with E-state index in [0.29, 0.717) is 48.2 Å². The highest BCUT2D eigenvalue weighted by Crippen LogP contribution is 2.23. The van der Waals surface area contributed by atoms with E-state index in [1.54, 1.807) is 16.8 Å². The van der Waals surface area contributed by atoms with Crippen molar-refractivity contribution in [3.63, 3.8) is 0 Å². The maximum atomic E-state index is 13.7. The van der Waals surface area contributed by atoms with Crippen LogP contribution in [0.25, 0.3) is 16.7 Å². The van der Waals surface area contributed by atoms with Crippen LogP contribution in [0, 0.1) is 31.1 Å². The Hall–Kier alpha value is -3.74. The van der Waals surface area contributed by atoms with Gasteiger partial charge in [-0.3, -0.25) is 19.4 Å². The molecule has 7 heteroatoms. The number of aryl methyl sites for hydroxylation is 2. The van der Waals surface area contributed by atoms with Crippen molar-refractivity contribution in [3.05, 3.63) is 86.8 Å². The lowest BCUT2D eigenvalue weighted by Gasteiger charge is -2.35. The Morgan fingerprint density at radius 1 is 1.06 bits per heavy atom. The molecule has 0 radical (unpaired) electrons. The number of likely N-dealkylation sites (tertiary alicyclic amines) is 1. The van der Waals surface area contributed by atoms with Crippen molar-refractivity contribution in [2.45, 2.75) is 40.7 Å². The molecule has 1 N–H and O–H groups in total. The molecule has 1 aromatic carbocycles. The minimum Gasteiger partial charge on any atom is -0.338 e. The lowest BCUT2D eigenvalue weighted by Crippen LogP contribution is -2.45. The average molecular weight is 470 g/mol. The molecule has 0 spiro atoms. The molecule has 180 valence electrons. The maximum Gasteiger partial charge on any atom is 0.267 e. The van der Waals surface area contributed by atoms with Crippen LogP contribution < -0.4 is 11.0 Å². The van der Waals surface area contributed by atoms with Gasteiger partial charge in [-0.15, -0.1) is 0 Å². The number of nitrogens with zero attached hydrogens (tertiary/aromatic N) is 4. The number of benzene rings is 1. The van der Waals surface area contributed by atoms with Crippen molar-refractivity contribution in [1.82, 2.24) is 18.9 Å². The molecule has 0 bridgehead atoms. The van der Waals surface area contributed by atoms with Crippen LogP contribution in [0.5, 0.6) is 0 Å². The molecule has 1 aliphatic rings. The third-order valence-electron chi connectivity index (χ3n) is 6.98. The van der Waals surface area contributed by atoms with E-state index in [-0.39, 0.29) is 22.5 Å². The number of aromatic nitrogens is 3. The summed E-state index contributed by atoms with van der Waals surface area (Å²) >= 11 is 0. The molecule has 35 heavy (non-hydrogen) atoms. The van der Waals surface area contributed by atoms with Crippen molar-refractivity contribution < 1.29 is 4.79 Å². The van der Waals surface area contributed by atoms with Crippen molar-refractivity contribution in [2.24, 2.45) is 11.8 Å². The summed E-state index contributed by atoms with van der Waals surface area (Å²) in [6.07, 6.45) is 2.78. The Labute approximate surface area is 204 Å². The first kappa shape index (κ1) is 23.0. The van der Waals surface area contributed by atoms with Crippen LogP contribution in [0.15, 0.2) is 53.5 Å². The quantitative estimate of drug-likeness (QED) is 0.462. The number of carbonyl (C=O) groups is 1. The summed E-state index contributed by atoms with van der Waals surface area (Å²) < 4.78 is 3.23. The lowest BCUT2D eigenvalue weighted by atomic mass is 9.91. The molecular formula is C28H31N5O2. The van der Waals surface area contributed by atoms with Crippen LogP contribution in [0.3, 0.4) is 0 Å². The fraction of sp³-hybridized carbons (Fsp3) is 0.357. The minimum absolute atomic E-state index is 0.0822. The van der Waals surface area contributed by atoms with Gasteiger partial charge in [0.05, 0.1) is 17.5 Å². The topological polar surface area (TPSA) is 83.5 Å². The molecule has 0 saturated carbocycles. The SMILES string of the molecule is Cc1ccc(Cn2c(=N)c(C(=O)N3CC(C)CC(C)C3)cc3c(=O)n4cccc(C)c4nc32)cc1. The fourth-order valence-corrected chi connectivity index (χ4v) is 5.29. The van der Waals surface area contributed by atoms with Gasteiger partial charge in [0.15, 0.2) is 0 Å². The molecule has 1 aliphatic heterocycles. The Bertz CT molecular complexity index is 1560. The monoisotopic (exact) mass is 469 g/mol. The third kappa shape index (κ3) is 4.16. The highest BCUT2D eigenvalue weighted by molar-refractivity contribution is 5.97. The molecule has 1 fully saturated rings. The van der Waals surface area contributed by atoms with Crippen LogP contribution in [0.4, 0.5) is 0 Å². The summed E-state index contributed by atoms with van der Waals surface area (Å²) in [5.74, 6) is 0.606. The van der Waals surface area contributed by atoms with Gasteiger partial charge >= 0.3 is 0 Å². The van der Waals surface area contributed by atoms with E-state index in [1.807, 2.05) is 55.1 Å². The van der Waals surface area contributed by atoms with Crippen molar-refractivity contribution in [3.8, 4) is 0 Å². The number of nitrogens with one attached hydrogen (secondary N) is 1. The van der Waals surface area contributed by atoms with Crippen molar-refractivity contribution >= 4 is 22.6 Å². The number of hydrogen-bond acceptors (Lipinski definition) is 4. The Kier molecular flexibility index (Phi) is 5.79. The summed E-state index contributed by atoms with van der Waals surface area (Å²) in [5.41, 5.74) is 4.07. The van der Waals surface area contributed by atoms with Crippen LogP contribution in [-0.2, 0) is 6.54 Å². The molecule has 4 heterocycles. The third-order valence-corrected chi connectivity index (χ3v) is 6.98. The second kappa shape index (κ2) is 8.80. The molecule has 2 atom stereocenters. The van der Waals surface area contributed by atoms with Crippen molar-refractivity contribution in [1.29, 1.82) is 5.41 Å². The maximum absolute atomic E-state index is 13.7. The van der Waals surface area contributed by atoms with Gasteiger partial charge in [0.25, 0.3) is 11.5 Å². The number of piperidine rings is 1. The molecule has 3 aromatic heterocycles. The van der Waals surface area contributed by atoms with E-state index in [0.717, 1.165) is 23.1 Å². The van der Waals surface area contributed by atoms with Crippen LogP contribution >= 0.6 is 0 Å². The first-order chi connectivity index (χ1) is 16.7. The van der Waals surface area contributed by atoms with Gasteiger partial charge in [0.2, 0.25) is 0 Å². The van der Waals surface area contributed by atoms with Crippen LogP contribution in [0.2, 0.25) is 0 Å². The molecule has 0 aliphatic carbocycles. The van der Waals surface area contributed by atoms with Gasteiger partial charge in [-0.1, -0.05) is 49.7 Å². The Morgan fingerprint density at radius 3 is 2.43 bits per heavy atom. The first-order valence-electron chi connectivity index (χ1n) is 12.2. The number of hydrogen-bond donors (Lipinski definition) is 1. The normalized spacial score (nSPS) is 18.3.